The van der Waals surface area contributed by atoms with Crippen LogP contribution >= 0.6 is 0 Å². The first-order valence-electron chi connectivity index (χ1n) is 21.7. The second kappa shape index (κ2) is 22.1. The second-order valence-electron chi connectivity index (χ2n) is 16.8. The van der Waals surface area contributed by atoms with Crippen molar-refractivity contribution in [2.24, 2.45) is 28.7 Å². The lowest BCUT2D eigenvalue weighted by atomic mass is 9.78. The number of ether oxygens (including phenoxy) is 4. The van der Waals surface area contributed by atoms with Gasteiger partial charge < -0.3 is 33.6 Å². The van der Waals surface area contributed by atoms with Crippen LogP contribution in [0.15, 0.2) is 96.0 Å². The number of piperidine rings is 1. The molecule has 0 aliphatic carbocycles. The first kappa shape index (κ1) is 46.1. The van der Waals surface area contributed by atoms with Gasteiger partial charge in [0.1, 0.15) is 25.9 Å². The van der Waals surface area contributed by atoms with E-state index < -0.39 is 48.1 Å². The number of carbonyl (C=O) groups excluding carboxylic acids is 6. The Hall–Kier alpha value is -6.45. The predicted octanol–water partition coefficient (Wildman–Crippen LogP) is 6.83. The zero-order valence-corrected chi connectivity index (χ0v) is 36.4. The highest BCUT2D eigenvalue weighted by atomic mass is 16.6. The van der Waals surface area contributed by atoms with Gasteiger partial charge in [-0.15, -0.1) is 4.99 Å². The number of nitrogens with one attached hydrogen (secondary N) is 1. The number of carbonyl (C=O) groups is 6. The Kier molecular flexibility index (Phi) is 16.1. The molecule has 6 rings (SSSR count). The number of benzene rings is 3. The van der Waals surface area contributed by atoms with Gasteiger partial charge in [0.25, 0.3) is 0 Å². The van der Waals surface area contributed by atoms with Gasteiger partial charge in [0.15, 0.2) is 6.04 Å². The van der Waals surface area contributed by atoms with Gasteiger partial charge in [-0.05, 0) is 53.7 Å². The minimum absolute atomic E-state index is 0.0129. The van der Waals surface area contributed by atoms with E-state index in [1.165, 1.54) is 4.90 Å². The number of piperazine rings is 1. The van der Waals surface area contributed by atoms with Crippen LogP contribution in [0, 0.1) is 23.7 Å². The number of imide groups is 1. The fourth-order valence-electron chi connectivity index (χ4n) is 8.22. The van der Waals surface area contributed by atoms with E-state index in [9.17, 15) is 28.8 Å². The maximum absolute atomic E-state index is 14.1. The molecule has 16 heteroatoms. The SMILES string of the molecule is CC(C)C(OC(=O)N1CCN(C(=O)N2C(=O)[C@H](CC3CCCN(C(=NC(=O)OCc4ccccc4)NC(=O)OCc4ccccc4)C3)C2C(=O)OCc2ccccc2)CC1)C(C)C. The molecule has 2 unspecified atom stereocenters. The van der Waals surface area contributed by atoms with Crippen molar-refractivity contribution >= 4 is 42.1 Å². The van der Waals surface area contributed by atoms with E-state index in [1.54, 1.807) is 9.80 Å². The van der Waals surface area contributed by atoms with Crippen molar-refractivity contribution in [1.82, 2.24) is 24.9 Å². The van der Waals surface area contributed by atoms with Crippen LogP contribution in [0.2, 0.25) is 0 Å². The quantitative estimate of drug-likeness (QED) is 0.0664. The molecule has 3 aliphatic heterocycles. The Morgan fingerprint density at radius 1 is 0.683 bits per heavy atom. The van der Waals surface area contributed by atoms with Gasteiger partial charge >= 0.3 is 30.3 Å². The van der Waals surface area contributed by atoms with Crippen LogP contribution in [-0.2, 0) is 48.4 Å². The van der Waals surface area contributed by atoms with Crippen LogP contribution in [0.1, 0.15) is 63.6 Å². The van der Waals surface area contributed by atoms with E-state index in [-0.39, 0.29) is 88.8 Å². The number of hydrogen-bond donors (Lipinski definition) is 1. The number of nitrogens with zero attached hydrogens (tertiary/aromatic N) is 5. The summed E-state index contributed by atoms with van der Waals surface area (Å²) in [6.07, 6.45) is -0.958. The fraction of sp³-hybridized carbons (Fsp3) is 0.468. The summed E-state index contributed by atoms with van der Waals surface area (Å²) < 4.78 is 22.4. The summed E-state index contributed by atoms with van der Waals surface area (Å²) in [5.41, 5.74) is 2.28. The zero-order valence-electron chi connectivity index (χ0n) is 36.4. The van der Waals surface area contributed by atoms with Crippen LogP contribution in [0.3, 0.4) is 0 Å². The Bertz CT molecular complexity index is 2050. The number of alkyl carbamates (subject to hydrolysis) is 1. The molecule has 0 spiro atoms. The van der Waals surface area contributed by atoms with Crippen LogP contribution in [-0.4, -0.2) is 113 Å². The smallest absolute Gasteiger partial charge is 0.437 e. The summed E-state index contributed by atoms with van der Waals surface area (Å²) in [6, 6.07) is 25.5. The van der Waals surface area contributed by atoms with E-state index in [4.69, 9.17) is 18.9 Å². The van der Waals surface area contributed by atoms with Gasteiger partial charge in [0.2, 0.25) is 11.9 Å². The molecule has 63 heavy (non-hydrogen) atoms. The molecule has 6 amide bonds. The van der Waals surface area contributed by atoms with Crippen molar-refractivity contribution in [3.63, 3.8) is 0 Å². The van der Waals surface area contributed by atoms with Gasteiger partial charge in [0.05, 0.1) is 5.92 Å². The van der Waals surface area contributed by atoms with Crippen molar-refractivity contribution in [2.45, 2.75) is 78.9 Å². The van der Waals surface area contributed by atoms with Crippen LogP contribution in [0.4, 0.5) is 19.2 Å². The summed E-state index contributed by atoms with van der Waals surface area (Å²) >= 11 is 0. The highest BCUT2D eigenvalue weighted by molar-refractivity contribution is 6.08. The molecule has 0 aromatic heterocycles. The third-order valence-corrected chi connectivity index (χ3v) is 11.5. The molecule has 3 aromatic rings. The minimum Gasteiger partial charge on any atom is -0.459 e. The van der Waals surface area contributed by atoms with E-state index in [1.807, 2.05) is 119 Å². The van der Waals surface area contributed by atoms with E-state index >= 15 is 0 Å². The summed E-state index contributed by atoms with van der Waals surface area (Å²) in [5.74, 6) is -2.10. The number of hydrogen-bond acceptors (Lipinski definition) is 10. The Labute approximate surface area is 368 Å². The molecule has 336 valence electrons. The molecule has 0 bridgehead atoms. The first-order chi connectivity index (χ1) is 30.4. The van der Waals surface area contributed by atoms with Gasteiger partial charge in [0, 0.05) is 39.3 Å². The van der Waals surface area contributed by atoms with Crippen LogP contribution in [0.5, 0.6) is 0 Å². The number of β-lactam (4-membered cyclic amide) rings is 1. The maximum Gasteiger partial charge on any atom is 0.437 e. The lowest BCUT2D eigenvalue weighted by Gasteiger charge is -2.48. The normalized spacial score (nSPS) is 19.1. The lowest BCUT2D eigenvalue weighted by molar-refractivity contribution is -0.172. The van der Waals surface area contributed by atoms with E-state index in [2.05, 4.69) is 10.3 Å². The van der Waals surface area contributed by atoms with Crippen molar-refractivity contribution < 1.29 is 47.7 Å². The summed E-state index contributed by atoms with van der Waals surface area (Å²) in [7, 11) is 0. The number of amides is 6. The molecule has 3 aromatic carbocycles. The van der Waals surface area contributed by atoms with Crippen molar-refractivity contribution in [1.29, 1.82) is 0 Å². The van der Waals surface area contributed by atoms with Gasteiger partial charge in [-0.1, -0.05) is 119 Å². The largest absolute Gasteiger partial charge is 0.459 e. The topological polar surface area (TPSA) is 177 Å². The zero-order chi connectivity index (χ0) is 44.9. The van der Waals surface area contributed by atoms with Crippen molar-refractivity contribution in [2.75, 3.05) is 39.3 Å². The van der Waals surface area contributed by atoms with E-state index in [0.29, 0.717) is 19.4 Å². The Morgan fingerprint density at radius 2 is 1.21 bits per heavy atom. The summed E-state index contributed by atoms with van der Waals surface area (Å²) in [5, 5.41) is 2.63. The van der Waals surface area contributed by atoms with Crippen molar-refractivity contribution in [3.8, 4) is 0 Å². The van der Waals surface area contributed by atoms with Gasteiger partial charge in [-0.3, -0.25) is 10.1 Å². The number of likely N-dealkylation sites (tertiary alicyclic amines) is 2. The monoisotopic (exact) mass is 866 g/mol. The molecular formula is C47H58N6O10. The number of urea groups is 1. The predicted molar refractivity (Wildman–Crippen MR) is 232 cm³/mol. The molecule has 3 aliphatic rings. The van der Waals surface area contributed by atoms with Crippen LogP contribution in [0.25, 0.3) is 0 Å². The van der Waals surface area contributed by atoms with Crippen molar-refractivity contribution in [3.05, 3.63) is 108 Å². The average molecular weight is 867 g/mol. The second-order valence-corrected chi connectivity index (χ2v) is 16.8. The molecule has 3 fully saturated rings. The molecule has 1 N–H and O–H groups in total. The molecule has 3 saturated heterocycles. The summed E-state index contributed by atoms with van der Waals surface area (Å²) in [6.45, 7) is 9.30. The molecule has 16 nitrogen and oxygen atoms in total. The Balaban J connectivity index is 1.13. The van der Waals surface area contributed by atoms with E-state index in [0.717, 1.165) is 21.6 Å². The molecule has 3 atom stereocenters. The fourth-order valence-corrected chi connectivity index (χ4v) is 8.22. The van der Waals surface area contributed by atoms with Gasteiger partial charge in [-0.25, -0.2) is 28.9 Å². The third kappa shape index (κ3) is 12.6. The highest BCUT2D eigenvalue weighted by Crippen LogP contribution is 2.37. The number of aliphatic imine (C=N–C) groups is 1. The standard InChI is InChI=1S/C47H58N6O10/c1-32(2)40(33(3)4)63-47(59)51-25-23-50(24-26-51)46(58)53-39(42(55)60-29-34-15-8-5-9-16-34)38(41(53)54)27-37-21-14-22-52(28-37)43(48-44(56)61-30-35-17-10-6-11-18-35)49-45(57)62-31-36-19-12-7-13-20-36/h5-13,15-20,32-33,37-40H,14,21-31H2,1-4H3,(H,48,49,56,57)/t37?,38-,39?/m1/s1. The highest BCUT2D eigenvalue weighted by Gasteiger charge is 2.57. The number of esters is 1. The Morgan fingerprint density at radius 3 is 1.76 bits per heavy atom. The minimum atomic E-state index is -1.18. The van der Waals surface area contributed by atoms with Crippen LogP contribution < -0.4 is 5.32 Å². The molecule has 3 heterocycles. The number of rotatable bonds is 12. The molecular weight excluding hydrogens is 809 g/mol. The third-order valence-electron chi connectivity index (χ3n) is 11.5. The lowest BCUT2D eigenvalue weighted by Crippen LogP contribution is -2.70. The average Bonchev–Trinajstić information content (AvgIpc) is 3.30. The molecule has 0 saturated carbocycles. The molecule has 0 radical (unpaired) electrons. The first-order valence-corrected chi connectivity index (χ1v) is 21.7. The van der Waals surface area contributed by atoms with Gasteiger partial charge in [-0.2, -0.15) is 0 Å². The maximum atomic E-state index is 14.1. The number of guanidine groups is 1. The summed E-state index contributed by atoms with van der Waals surface area (Å²) in [4.78, 5) is 91.1.